The average molecular weight is 332 g/mol. The number of carbonyl (C=O) groups excluding carboxylic acids is 1. The van der Waals surface area contributed by atoms with Gasteiger partial charge in [0.05, 0.1) is 0 Å². The van der Waals surface area contributed by atoms with Crippen LogP contribution in [-0.2, 0) is 0 Å². The molecular formula is C17H18BrNO. The Labute approximate surface area is 127 Å². The lowest BCUT2D eigenvalue weighted by molar-refractivity contribution is 0.0688. The summed E-state index contributed by atoms with van der Waals surface area (Å²) in [5, 5.41) is 3.17. The Bertz CT molecular complexity index is 620. The maximum atomic E-state index is 12.8. The van der Waals surface area contributed by atoms with Crippen molar-refractivity contribution < 1.29 is 4.79 Å². The Hall–Kier alpha value is -1.35. The number of fused-ring (bicyclic) bond motifs is 1. The molecule has 104 valence electrons. The summed E-state index contributed by atoms with van der Waals surface area (Å²) in [4.78, 5) is 14.8. The lowest BCUT2D eigenvalue weighted by atomic mass is 9.98. The van der Waals surface area contributed by atoms with Crippen molar-refractivity contribution in [3.63, 3.8) is 0 Å². The molecule has 0 N–H and O–H groups in total. The molecule has 3 heteroatoms. The van der Waals surface area contributed by atoms with Crippen molar-refractivity contribution in [3.8, 4) is 0 Å². The lowest BCUT2D eigenvalue weighted by Crippen LogP contribution is -2.40. The quantitative estimate of drug-likeness (QED) is 0.759. The van der Waals surface area contributed by atoms with Crippen LogP contribution in [0, 0.1) is 5.92 Å². The van der Waals surface area contributed by atoms with Crippen molar-refractivity contribution >= 4 is 32.6 Å². The Morgan fingerprint density at radius 3 is 2.85 bits per heavy atom. The highest BCUT2D eigenvalue weighted by molar-refractivity contribution is 9.09. The molecule has 1 amide bonds. The van der Waals surface area contributed by atoms with Crippen LogP contribution in [0.25, 0.3) is 10.8 Å². The van der Waals surface area contributed by atoms with Crippen LogP contribution < -0.4 is 0 Å². The second-order valence-electron chi connectivity index (χ2n) is 5.44. The highest BCUT2D eigenvalue weighted by Gasteiger charge is 2.24. The molecule has 2 aromatic carbocycles. The first-order chi connectivity index (χ1) is 9.79. The van der Waals surface area contributed by atoms with E-state index in [1.807, 2.05) is 35.2 Å². The molecule has 1 saturated heterocycles. The van der Waals surface area contributed by atoms with Gasteiger partial charge >= 0.3 is 0 Å². The van der Waals surface area contributed by atoms with E-state index in [1.54, 1.807) is 0 Å². The minimum atomic E-state index is 0.174. The zero-order valence-corrected chi connectivity index (χ0v) is 13.0. The molecule has 1 atom stereocenters. The normalized spacial score (nSPS) is 19.2. The van der Waals surface area contributed by atoms with E-state index in [4.69, 9.17) is 0 Å². The highest BCUT2D eigenvalue weighted by atomic mass is 79.9. The molecule has 0 saturated carbocycles. The van der Waals surface area contributed by atoms with E-state index in [-0.39, 0.29) is 5.91 Å². The largest absolute Gasteiger partial charge is 0.338 e. The lowest BCUT2D eigenvalue weighted by Gasteiger charge is -2.32. The number of hydrogen-bond donors (Lipinski definition) is 0. The van der Waals surface area contributed by atoms with E-state index >= 15 is 0 Å². The van der Waals surface area contributed by atoms with Gasteiger partial charge in [-0.25, -0.2) is 0 Å². The van der Waals surface area contributed by atoms with Crippen LogP contribution in [0.2, 0.25) is 0 Å². The van der Waals surface area contributed by atoms with E-state index in [1.165, 1.54) is 6.42 Å². The Balaban J connectivity index is 1.92. The summed E-state index contributed by atoms with van der Waals surface area (Å²) in [5.74, 6) is 0.759. The number of carbonyl (C=O) groups is 1. The fourth-order valence-electron chi connectivity index (χ4n) is 2.96. The number of rotatable bonds is 2. The molecule has 2 nitrogen and oxygen atoms in total. The van der Waals surface area contributed by atoms with Gasteiger partial charge in [-0.1, -0.05) is 52.3 Å². The van der Waals surface area contributed by atoms with Crippen LogP contribution >= 0.6 is 15.9 Å². The van der Waals surface area contributed by atoms with E-state index in [2.05, 4.69) is 28.1 Å². The van der Waals surface area contributed by atoms with Gasteiger partial charge in [-0.2, -0.15) is 0 Å². The number of amides is 1. The van der Waals surface area contributed by atoms with Gasteiger partial charge < -0.3 is 4.90 Å². The van der Waals surface area contributed by atoms with Gasteiger partial charge in [0.1, 0.15) is 0 Å². The van der Waals surface area contributed by atoms with Gasteiger partial charge in [-0.3, -0.25) is 4.79 Å². The number of likely N-dealkylation sites (tertiary alicyclic amines) is 1. The third-order valence-corrected chi connectivity index (χ3v) is 4.96. The van der Waals surface area contributed by atoms with Gasteiger partial charge in [0, 0.05) is 24.0 Å². The fourth-order valence-corrected chi connectivity index (χ4v) is 3.49. The molecule has 20 heavy (non-hydrogen) atoms. The smallest absolute Gasteiger partial charge is 0.254 e. The molecule has 2 aromatic rings. The number of nitrogens with zero attached hydrogens (tertiary/aromatic N) is 1. The predicted molar refractivity (Wildman–Crippen MR) is 86.4 cm³/mol. The van der Waals surface area contributed by atoms with Crippen molar-refractivity contribution in [1.82, 2.24) is 4.90 Å². The number of hydrogen-bond acceptors (Lipinski definition) is 1. The maximum absolute atomic E-state index is 12.8. The number of piperidine rings is 1. The molecule has 1 heterocycles. The molecule has 0 aromatic heterocycles. The Morgan fingerprint density at radius 2 is 2.00 bits per heavy atom. The molecular weight excluding hydrogens is 314 g/mol. The molecule has 1 aliphatic rings. The summed E-state index contributed by atoms with van der Waals surface area (Å²) >= 11 is 3.55. The van der Waals surface area contributed by atoms with E-state index < -0.39 is 0 Å². The van der Waals surface area contributed by atoms with Crippen LogP contribution in [0.3, 0.4) is 0 Å². The number of benzene rings is 2. The molecule has 1 unspecified atom stereocenters. The third kappa shape index (κ3) is 2.59. The van der Waals surface area contributed by atoms with Crippen molar-refractivity contribution in [2.24, 2.45) is 5.92 Å². The van der Waals surface area contributed by atoms with Gasteiger partial charge in [-0.05, 0) is 35.6 Å². The summed E-state index contributed by atoms with van der Waals surface area (Å²) < 4.78 is 0. The molecule has 0 radical (unpaired) electrons. The van der Waals surface area contributed by atoms with Crippen molar-refractivity contribution in [2.45, 2.75) is 12.8 Å². The zero-order valence-electron chi connectivity index (χ0n) is 11.4. The third-order valence-electron chi connectivity index (χ3n) is 4.04. The van der Waals surface area contributed by atoms with E-state index in [0.29, 0.717) is 5.92 Å². The molecule has 0 aliphatic carbocycles. The fraction of sp³-hybridized carbons (Fsp3) is 0.353. The minimum Gasteiger partial charge on any atom is -0.338 e. The predicted octanol–water partition coefficient (Wildman–Crippen LogP) is 4.09. The van der Waals surface area contributed by atoms with Crippen LogP contribution in [0.15, 0.2) is 42.5 Å². The molecule has 3 rings (SSSR count). The summed E-state index contributed by atoms with van der Waals surface area (Å²) in [6, 6.07) is 14.1. The molecule has 1 fully saturated rings. The summed E-state index contributed by atoms with van der Waals surface area (Å²) in [6.07, 6.45) is 2.32. The van der Waals surface area contributed by atoms with E-state index in [0.717, 1.165) is 41.2 Å². The van der Waals surface area contributed by atoms with Crippen molar-refractivity contribution in [2.75, 3.05) is 18.4 Å². The molecule has 1 aliphatic heterocycles. The Kier molecular flexibility index (Phi) is 4.06. The summed E-state index contributed by atoms with van der Waals surface area (Å²) in [5.41, 5.74) is 0.832. The van der Waals surface area contributed by atoms with Gasteiger partial charge in [0.15, 0.2) is 0 Å². The molecule has 0 bridgehead atoms. The van der Waals surface area contributed by atoms with Gasteiger partial charge in [0.25, 0.3) is 5.91 Å². The Morgan fingerprint density at radius 1 is 1.20 bits per heavy atom. The second-order valence-corrected chi connectivity index (χ2v) is 6.09. The standard InChI is InChI=1S/C17H18BrNO/c18-11-13-5-4-10-19(12-13)17(20)16-9-3-7-14-6-1-2-8-15(14)16/h1-3,6-9,13H,4-5,10-12H2. The van der Waals surface area contributed by atoms with E-state index in [9.17, 15) is 4.79 Å². The maximum Gasteiger partial charge on any atom is 0.254 e. The summed E-state index contributed by atoms with van der Waals surface area (Å²) in [7, 11) is 0. The molecule has 0 spiro atoms. The average Bonchev–Trinajstić information content (AvgIpc) is 2.53. The van der Waals surface area contributed by atoms with Crippen molar-refractivity contribution in [1.29, 1.82) is 0 Å². The first-order valence-electron chi connectivity index (χ1n) is 7.12. The SMILES string of the molecule is O=C(c1cccc2ccccc12)N1CCCC(CBr)C1. The minimum absolute atomic E-state index is 0.174. The monoisotopic (exact) mass is 331 g/mol. The topological polar surface area (TPSA) is 20.3 Å². The van der Waals surface area contributed by atoms with Gasteiger partial charge in [0.2, 0.25) is 0 Å². The van der Waals surface area contributed by atoms with Crippen LogP contribution in [0.5, 0.6) is 0 Å². The second kappa shape index (κ2) is 5.96. The number of alkyl halides is 1. The van der Waals surface area contributed by atoms with Crippen molar-refractivity contribution in [3.05, 3.63) is 48.0 Å². The number of halogens is 1. The van der Waals surface area contributed by atoms with Gasteiger partial charge in [-0.15, -0.1) is 0 Å². The van der Waals surface area contributed by atoms with Crippen LogP contribution in [0.4, 0.5) is 0 Å². The van der Waals surface area contributed by atoms with Crippen LogP contribution in [0.1, 0.15) is 23.2 Å². The zero-order chi connectivity index (χ0) is 13.9. The first-order valence-corrected chi connectivity index (χ1v) is 8.25. The first kappa shape index (κ1) is 13.6. The summed E-state index contributed by atoms with van der Waals surface area (Å²) in [6.45, 7) is 1.75. The highest BCUT2D eigenvalue weighted by Crippen LogP contribution is 2.24. The van der Waals surface area contributed by atoms with Crippen LogP contribution in [-0.4, -0.2) is 29.2 Å².